The van der Waals surface area contributed by atoms with Crippen LogP contribution < -0.4 is 5.32 Å². The molecule has 1 aromatic carbocycles. The molecule has 0 aliphatic carbocycles. The number of carbonyl (C=O) groups is 1. The van der Waals surface area contributed by atoms with Crippen molar-refractivity contribution in [3.05, 3.63) is 36.0 Å². The number of hydrogen-bond donors (Lipinski definition) is 2. The highest BCUT2D eigenvalue weighted by atomic mass is 16.1. The van der Waals surface area contributed by atoms with Crippen molar-refractivity contribution in [3.63, 3.8) is 0 Å². The van der Waals surface area contributed by atoms with Gasteiger partial charge in [0, 0.05) is 23.5 Å². The Balaban J connectivity index is 2.00. The highest BCUT2D eigenvalue weighted by Crippen LogP contribution is 2.14. The summed E-state index contributed by atoms with van der Waals surface area (Å²) in [5.74, 6) is -0.0409. The Bertz CT molecular complexity index is 539. The molecule has 1 amide bonds. The van der Waals surface area contributed by atoms with E-state index in [0.29, 0.717) is 5.69 Å². The van der Waals surface area contributed by atoms with Gasteiger partial charge >= 0.3 is 0 Å². The number of rotatable bonds is 6. The molecule has 0 saturated carbocycles. The third kappa shape index (κ3) is 3.39. The van der Waals surface area contributed by atoms with Crippen LogP contribution in [0.25, 0.3) is 10.9 Å². The molecule has 1 heterocycles. The molecule has 20 heavy (non-hydrogen) atoms. The van der Waals surface area contributed by atoms with E-state index in [1.165, 1.54) is 0 Å². The number of H-pyrrole nitrogens is 1. The maximum Gasteiger partial charge on any atom is 0.267 e. The Morgan fingerprint density at radius 3 is 2.65 bits per heavy atom. The zero-order valence-corrected chi connectivity index (χ0v) is 12.4. The topological polar surface area (TPSA) is 48.1 Å². The standard InChI is InChI=1S/C16H23N3O/c1-4-19(5-2)11-12(3)17-16(20)15-10-13-8-6-7-9-14(13)18-15/h6-10,12,18H,4-5,11H2,1-3H3,(H,17,20). The number of likely N-dealkylation sites (N-methyl/N-ethyl adjacent to an activating group) is 1. The van der Waals surface area contributed by atoms with E-state index >= 15 is 0 Å². The largest absolute Gasteiger partial charge is 0.351 e. The summed E-state index contributed by atoms with van der Waals surface area (Å²) < 4.78 is 0. The number of nitrogens with one attached hydrogen (secondary N) is 2. The van der Waals surface area contributed by atoms with Crippen LogP contribution in [0, 0.1) is 0 Å². The normalized spacial score (nSPS) is 12.8. The summed E-state index contributed by atoms with van der Waals surface area (Å²) in [7, 11) is 0. The molecule has 1 unspecified atom stereocenters. The van der Waals surface area contributed by atoms with Gasteiger partial charge in [-0.2, -0.15) is 0 Å². The first kappa shape index (κ1) is 14.6. The Hall–Kier alpha value is -1.81. The fourth-order valence-corrected chi connectivity index (χ4v) is 2.41. The van der Waals surface area contributed by atoms with Crippen LogP contribution in [0.4, 0.5) is 0 Å². The van der Waals surface area contributed by atoms with Crippen molar-refractivity contribution >= 4 is 16.8 Å². The minimum absolute atomic E-state index is 0.0409. The van der Waals surface area contributed by atoms with Gasteiger partial charge in [0.25, 0.3) is 5.91 Å². The third-order valence-corrected chi connectivity index (χ3v) is 3.58. The molecule has 4 nitrogen and oxygen atoms in total. The van der Waals surface area contributed by atoms with Gasteiger partial charge in [-0.05, 0) is 32.1 Å². The minimum atomic E-state index is -0.0409. The molecule has 0 saturated heterocycles. The van der Waals surface area contributed by atoms with Gasteiger partial charge in [0.1, 0.15) is 5.69 Å². The maximum absolute atomic E-state index is 12.2. The van der Waals surface area contributed by atoms with Crippen molar-refractivity contribution in [2.24, 2.45) is 0 Å². The van der Waals surface area contributed by atoms with E-state index in [9.17, 15) is 4.79 Å². The summed E-state index contributed by atoms with van der Waals surface area (Å²) in [4.78, 5) is 17.7. The molecule has 108 valence electrons. The van der Waals surface area contributed by atoms with E-state index < -0.39 is 0 Å². The van der Waals surface area contributed by atoms with Gasteiger partial charge in [-0.3, -0.25) is 4.79 Å². The van der Waals surface area contributed by atoms with Crippen molar-refractivity contribution in [1.29, 1.82) is 0 Å². The zero-order chi connectivity index (χ0) is 14.5. The predicted octanol–water partition coefficient (Wildman–Crippen LogP) is 2.63. The quantitative estimate of drug-likeness (QED) is 0.850. The van der Waals surface area contributed by atoms with Crippen LogP contribution in [0.3, 0.4) is 0 Å². The van der Waals surface area contributed by atoms with Gasteiger partial charge in [0.2, 0.25) is 0 Å². The first-order valence-electron chi connectivity index (χ1n) is 7.25. The highest BCUT2D eigenvalue weighted by molar-refractivity contribution is 5.98. The number of aromatic amines is 1. The number of amides is 1. The van der Waals surface area contributed by atoms with Crippen LogP contribution >= 0.6 is 0 Å². The van der Waals surface area contributed by atoms with Crippen molar-refractivity contribution in [2.75, 3.05) is 19.6 Å². The molecular weight excluding hydrogens is 250 g/mol. The SMILES string of the molecule is CCN(CC)CC(C)NC(=O)c1cc2ccccc2[nH]1. The third-order valence-electron chi connectivity index (χ3n) is 3.58. The molecule has 2 N–H and O–H groups in total. The van der Waals surface area contributed by atoms with E-state index in [0.717, 1.165) is 30.5 Å². The summed E-state index contributed by atoms with van der Waals surface area (Å²) in [6.45, 7) is 9.19. The first-order valence-corrected chi connectivity index (χ1v) is 7.25. The molecule has 1 aromatic heterocycles. The molecule has 2 aromatic rings. The van der Waals surface area contributed by atoms with Gasteiger partial charge in [0.15, 0.2) is 0 Å². The Morgan fingerprint density at radius 1 is 1.30 bits per heavy atom. The van der Waals surface area contributed by atoms with Crippen LogP contribution in [0.1, 0.15) is 31.3 Å². The smallest absolute Gasteiger partial charge is 0.267 e. The summed E-state index contributed by atoms with van der Waals surface area (Å²) in [5, 5.41) is 4.11. The summed E-state index contributed by atoms with van der Waals surface area (Å²) in [5.41, 5.74) is 1.62. The van der Waals surface area contributed by atoms with E-state index in [2.05, 4.69) is 29.0 Å². The van der Waals surface area contributed by atoms with Gasteiger partial charge in [-0.15, -0.1) is 0 Å². The Kier molecular flexibility index (Phi) is 4.79. The monoisotopic (exact) mass is 273 g/mol. The fraction of sp³-hybridized carbons (Fsp3) is 0.438. The number of aromatic nitrogens is 1. The summed E-state index contributed by atoms with van der Waals surface area (Å²) in [6, 6.07) is 9.95. The fourth-order valence-electron chi connectivity index (χ4n) is 2.41. The van der Waals surface area contributed by atoms with Gasteiger partial charge in [0.05, 0.1) is 0 Å². The van der Waals surface area contributed by atoms with Crippen LogP contribution in [0.2, 0.25) is 0 Å². The molecule has 0 aliphatic heterocycles. The molecule has 1 atom stereocenters. The molecule has 0 aliphatic rings. The maximum atomic E-state index is 12.2. The number of fused-ring (bicyclic) bond motifs is 1. The Morgan fingerprint density at radius 2 is 2.00 bits per heavy atom. The van der Waals surface area contributed by atoms with Gasteiger partial charge < -0.3 is 15.2 Å². The van der Waals surface area contributed by atoms with Gasteiger partial charge in [-0.1, -0.05) is 32.0 Å². The lowest BCUT2D eigenvalue weighted by molar-refractivity contribution is 0.0926. The predicted molar refractivity (Wildman–Crippen MR) is 83.0 cm³/mol. The number of nitrogens with zero attached hydrogens (tertiary/aromatic N) is 1. The zero-order valence-electron chi connectivity index (χ0n) is 12.4. The molecule has 4 heteroatoms. The highest BCUT2D eigenvalue weighted by Gasteiger charge is 2.13. The summed E-state index contributed by atoms with van der Waals surface area (Å²) in [6.07, 6.45) is 0. The Labute approximate surface area is 120 Å². The van der Waals surface area contributed by atoms with Crippen LogP contribution in [-0.2, 0) is 0 Å². The van der Waals surface area contributed by atoms with Crippen LogP contribution in [0.15, 0.2) is 30.3 Å². The van der Waals surface area contributed by atoms with Gasteiger partial charge in [-0.25, -0.2) is 0 Å². The minimum Gasteiger partial charge on any atom is -0.351 e. The lowest BCUT2D eigenvalue weighted by atomic mass is 10.2. The van der Waals surface area contributed by atoms with Crippen molar-refractivity contribution in [3.8, 4) is 0 Å². The lowest BCUT2D eigenvalue weighted by Crippen LogP contribution is -2.42. The number of para-hydroxylation sites is 1. The van der Waals surface area contributed by atoms with E-state index in [1.807, 2.05) is 37.3 Å². The van der Waals surface area contributed by atoms with Crippen LogP contribution in [-0.4, -0.2) is 41.5 Å². The molecule has 2 rings (SSSR count). The lowest BCUT2D eigenvalue weighted by Gasteiger charge is -2.23. The average Bonchev–Trinajstić information content (AvgIpc) is 2.88. The van der Waals surface area contributed by atoms with E-state index in [-0.39, 0.29) is 11.9 Å². The second-order valence-electron chi connectivity index (χ2n) is 5.13. The summed E-state index contributed by atoms with van der Waals surface area (Å²) >= 11 is 0. The van der Waals surface area contributed by atoms with E-state index in [1.54, 1.807) is 0 Å². The molecule has 0 bridgehead atoms. The van der Waals surface area contributed by atoms with Crippen molar-refractivity contribution in [2.45, 2.75) is 26.8 Å². The molecular formula is C16H23N3O. The number of carbonyl (C=O) groups excluding carboxylic acids is 1. The first-order chi connectivity index (χ1) is 9.63. The van der Waals surface area contributed by atoms with E-state index in [4.69, 9.17) is 0 Å². The second kappa shape index (κ2) is 6.57. The number of benzene rings is 1. The van der Waals surface area contributed by atoms with Crippen molar-refractivity contribution in [1.82, 2.24) is 15.2 Å². The average molecular weight is 273 g/mol. The molecule has 0 fully saturated rings. The van der Waals surface area contributed by atoms with Crippen molar-refractivity contribution < 1.29 is 4.79 Å². The molecule has 0 radical (unpaired) electrons. The van der Waals surface area contributed by atoms with Crippen LogP contribution in [0.5, 0.6) is 0 Å². The number of hydrogen-bond acceptors (Lipinski definition) is 2. The molecule has 0 spiro atoms. The second-order valence-corrected chi connectivity index (χ2v) is 5.13.